The van der Waals surface area contributed by atoms with E-state index in [2.05, 4.69) is 35.5 Å². The van der Waals surface area contributed by atoms with Crippen LogP contribution in [0.15, 0.2) is 59.5 Å². The van der Waals surface area contributed by atoms with Crippen molar-refractivity contribution in [1.29, 1.82) is 0 Å². The Kier molecular flexibility index (Phi) is 9.48. The highest BCUT2D eigenvalue weighted by atomic mass is 16.4. The quantitative estimate of drug-likeness (QED) is 0.286. The maximum atomic E-state index is 13.1. The lowest BCUT2D eigenvalue weighted by Crippen LogP contribution is -2.44. The van der Waals surface area contributed by atoms with Crippen molar-refractivity contribution in [3.05, 3.63) is 76.4 Å². The molecule has 202 valence electrons. The number of aromatic nitrogens is 2. The molecule has 4 N–H and O–H groups in total. The number of anilines is 1. The van der Waals surface area contributed by atoms with Crippen LogP contribution in [-0.2, 0) is 22.6 Å². The number of fused-ring (bicyclic) bond motifs is 1. The van der Waals surface area contributed by atoms with Gasteiger partial charge >= 0.3 is 6.09 Å². The molecule has 0 aliphatic rings. The van der Waals surface area contributed by atoms with Crippen LogP contribution >= 0.6 is 0 Å². The van der Waals surface area contributed by atoms with E-state index in [-0.39, 0.29) is 31.0 Å². The number of amides is 3. The molecule has 38 heavy (non-hydrogen) atoms. The van der Waals surface area contributed by atoms with E-state index in [1.165, 1.54) is 27.2 Å². The zero-order chi connectivity index (χ0) is 27.8. The first-order valence-corrected chi connectivity index (χ1v) is 12.5. The second-order valence-corrected chi connectivity index (χ2v) is 9.83. The molecular formula is C28H35N5O5. The second-order valence-electron chi connectivity index (χ2n) is 9.83. The second kappa shape index (κ2) is 12.8. The highest BCUT2D eigenvalue weighted by Crippen LogP contribution is 2.22. The van der Waals surface area contributed by atoms with Crippen molar-refractivity contribution in [2.24, 2.45) is 5.92 Å². The van der Waals surface area contributed by atoms with Crippen LogP contribution in [0.4, 0.5) is 10.5 Å². The van der Waals surface area contributed by atoms with Gasteiger partial charge in [-0.15, -0.1) is 0 Å². The van der Waals surface area contributed by atoms with Crippen LogP contribution in [0.2, 0.25) is 0 Å². The van der Waals surface area contributed by atoms with Gasteiger partial charge in [0.25, 0.3) is 5.56 Å². The van der Waals surface area contributed by atoms with Crippen molar-refractivity contribution < 1.29 is 19.5 Å². The first-order valence-electron chi connectivity index (χ1n) is 12.5. The Labute approximate surface area is 221 Å². The molecule has 0 radical (unpaired) electrons. The number of benzene rings is 1. The number of carbonyl (C=O) groups excluding carboxylic acids is 2. The normalized spacial score (nSPS) is 12.1. The number of allylic oxidation sites excluding steroid dienone is 1. The number of carbonyl (C=O) groups is 3. The van der Waals surface area contributed by atoms with E-state index >= 15 is 0 Å². The Balaban J connectivity index is 1.74. The molecule has 0 saturated heterocycles. The third-order valence-corrected chi connectivity index (χ3v) is 5.98. The summed E-state index contributed by atoms with van der Waals surface area (Å²) < 4.78 is 1.48. The maximum Gasteiger partial charge on any atom is 0.405 e. The molecule has 1 atom stereocenters. The summed E-state index contributed by atoms with van der Waals surface area (Å²) >= 11 is 0. The molecule has 2 heterocycles. The minimum absolute atomic E-state index is 0.0459. The molecule has 2 aromatic heterocycles. The third kappa shape index (κ3) is 7.58. The number of nitrogens with zero attached hydrogens (tertiary/aromatic N) is 2. The van der Waals surface area contributed by atoms with Crippen molar-refractivity contribution in [3.63, 3.8) is 0 Å². The van der Waals surface area contributed by atoms with Crippen LogP contribution in [0.5, 0.6) is 0 Å². The first kappa shape index (κ1) is 28.2. The van der Waals surface area contributed by atoms with Crippen LogP contribution in [0.3, 0.4) is 0 Å². The largest absolute Gasteiger partial charge is 0.465 e. The van der Waals surface area contributed by atoms with Gasteiger partial charge in [0.2, 0.25) is 11.8 Å². The van der Waals surface area contributed by atoms with Gasteiger partial charge in [-0.3, -0.25) is 14.4 Å². The molecule has 0 bridgehead atoms. The van der Waals surface area contributed by atoms with Gasteiger partial charge < -0.3 is 30.2 Å². The number of likely N-dealkylation sites (N-methyl/N-ethyl adjacent to an activating group) is 1. The minimum atomic E-state index is -1.36. The maximum absolute atomic E-state index is 13.1. The van der Waals surface area contributed by atoms with Gasteiger partial charge in [0.15, 0.2) is 0 Å². The van der Waals surface area contributed by atoms with Crippen molar-refractivity contribution in [3.8, 4) is 0 Å². The number of nitrogens with one attached hydrogen (secondary N) is 3. The smallest absolute Gasteiger partial charge is 0.405 e. The van der Waals surface area contributed by atoms with Crippen LogP contribution in [-0.4, -0.2) is 57.6 Å². The summed E-state index contributed by atoms with van der Waals surface area (Å²) in [5, 5.41) is 15.0. The Bertz CT molecular complexity index is 1390. The molecule has 0 saturated carbocycles. The van der Waals surface area contributed by atoms with Gasteiger partial charge in [-0.2, -0.15) is 0 Å². The summed E-state index contributed by atoms with van der Waals surface area (Å²) in [6, 6.07) is 10.2. The van der Waals surface area contributed by atoms with E-state index in [0.717, 1.165) is 23.0 Å². The number of rotatable bonds is 11. The molecule has 0 aliphatic heterocycles. The van der Waals surface area contributed by atoms with Crippen LogP contribution in [0.1, 0.15) is 37.9 Å². The van der Waals surface area contributed by atoms with Gasteiger partial charge in [-0.25, -0.2) is 4.79 Å². The van der Waals surface area contributed by atoms with E-state index in [9.17, 15) is 19.2 Å². The zero-order valence-electron chi connectivity index (χ0n) is 22.2. The molecule has 3 amide bonds. The summed E-state index contributed by atoms with van der Waals surface area (Å²) in [6.07, 6.45) is 4.56. The number of carboxylic acid groups (broad SMARTS) is 1. The van der Waals surface area contributed by atoms with Crippen molar-refractivity contribution in [2.75, 3.05) is 19.4 Å². The summed E-state index contributed by atoms with van der Waals surface area (Å²) in [5.74, 6) is -0.363. The van der Waals surface area contributed by atoms with Crippen LogP contribution in [0, 0.1) is 5.92 Å². The molecule has 3 rings (SSSR count). The number of aromatic amines is 1. The van der Waals surface area contributed by atoms with E-state index < -0.39 is 23.6 Å². The lowest BCUT2D eigenvalue weighted by atomic mass is 10.0. The summed E-state index contributed by atoms with van der Waals surface area (Å²) in [5.41, 5.74) is 2.76. The van der Waals surface area contributed by atoms with Crippen LogP contribution < -0.4 is 16.2 Å². The molecule has 1 unspecified atom stereocenters. The number of pyridine rings is 1. The number of para-hydroxylation sites is 1. The van der Waals surface area contributed by atoms with Gasteiger partial charge in [0, 0.05) is 31.5 Å². The predicted octanol–water partition coefficient (Wildman–Crippen LogP) is 3.58. The van der Waals surface area contributed by atoms with E-state index in [1.54, 1.807) is 32.4 Å². The predicted molar refractivity (Wildman–Crippen MR) is 147 cm³/mol. The molecule has 0 aliphatic carbocycles. The monoisotopic (exact) mass is 521 g/mol. The first-order chi connectivity index (χ1) is 18.0. The Morgan fingerprint density at radius 3 is 2.61 bits per heavy atom. The van der Waals surface area contributed by atoms with Crippen molar-refractivity contribution in [2.45, 2.75) is 45.7 Å². The highest BCUT2D eigenvalue weighted by molar-refractivity contribution is 5.96. The molecular weight excluding hydrogens is 486 g/mol. The molecule has 10 nitrogen and oxygen atoms in total. The fraction of sp³-hybridized carbons (Fsp3) is 0.357. The van der Waals surface area contributed by atoms with E-state index in [4.69, 9.17) is 5.11 Å². The molecule has 1 aromatic carbocycles. The molecule has 0 fully saturated rings. The lowest BCUT2D eigenvalue weighted by Gasteiger charge is -2.16. The fourth-order valence-electron chi connectivity index (χ4n) is 4.15. The number of hydrogen-bond acceptors (Lipinski definition) is 4. The molecule has 10 heteroatoms. The molecule has 0 spiro atoms. The molecule has 3 aromatic rings. The average Bonchev–Trinajstić information content (AvgIpc) is 3.26. The average molecular weight is 522 g/mol. The summed E-state index contributed by atoms with van der Waals surface area (Å²) in [6.45, 7) is 4.61. The minimum Gasteiger partial charge on any atom is -0.465 e. The van der Waals surface area contributed by atoms with Crippen molar-refractivity contribution >= 4 is 34.5 Å². The summed E-state index contributed by atoms with van der Waals surface area (Å²) in [7, 11) is 3.23. The number of hydrogen-bond donors (Lipinski definition) is 4. The van der Waals surface area contributed by atoms with E-state index in [1.807, 2.05) is 18.2 Å². The Morgan fingerprint density at radius 1 is 1.16 bits per heavy atom. The lowest BCUT2D eigenvalue weighted by molar-refractivity contribution is -0.123. The summed E-state index contributed by atoms with van der Waals surface area (Å²) in [4.78, 5) is 53.7. The SMILES string of the molecule is CC(C)Cc1cccc2cc(Cn3cccc(NC(=O)C(CC/C=C/C(=O)N(C)C)NC(=O)O)c3=O)[nH]c12. The van der Waals surface area contributed by atoms with Crippen molar-refractivity contribution in [1.82, 2.24) is 19.8 Å². The Hall–Kier alpha value is -4.34. The topological polar surface area (TPSA) is 137 Å². The van der Waals surface area contributed by atoms with Crippen LogP contribution in [0.25, 0.3) is 10.9 Å². The van der Waals surface area contributed by atoms with Gasteiger partial charge in [-0.1, -0.05) is 38.1 Å². The Morgan fingerprint density at radius 2 is 1.92 bits per heavy atom. The zero-order valence-corrected chi connectivity index (χ0v) is 22.2. The number of H-pyrrole nitrogens is 1. The van der Waals surface area contributed by atoms with E-state index in [0.29, 0.717) is 5.92 Å². The third-order valence-electron chi connectivity index (χ3n) is 5.98. The fourth-order valence-corrected chi connectivity index (χ4v) is 4.15. The van der Waals surface area contributed by atoms with Gasteiger partial charge in [-0.05, 0) is 60.4 Å². The standard InChI is InChI=1S/C28H35N5O5/c1-18(2)15-19-9-7-10-20-16-21(29-25(19)20)17-33-14-8-12-23(27(33)36)30-26(35)22(31-28(37)38)11-5-6-13-24(34)32(3)4/h6-10,12-14,16,18,22,29,31H,5,11,15,17H2,1-4H3,(H,30,35)(H,37,38)/b13-6+. The highest BCUT2D eigenvalue weighted by Gasteiger charge is 2.21. The van der Waals surface area contributed by atoms with Gasteiger partial charge in [0.05, 0.1) is 6.54 Å². The van der Waals surface area contributed by atoms with Gasteiger partial charge in [0.1, 0.15) is 11.7 Å².